The number of carbonyl (C=O) groups excluding carboxylic acids is 3. The van der Waals surface area contributed by atoms with Gasteiger partial charge in [-0.3, -0.25) is 9.59 Å². The van der Waals surface area contributed by atoms with E-state index in [0.29, 0.717) is 39.1 Å². The standard InChI is InChI=1S/C37H53N3O6/c1-8-40(33(41)21-26(2)3)28-22-27(23-39(24-28)35(43)46-36(4,5)6)34(42)38-25-37(19-13-14-20-44-7)29-15-9-11-17-31(29)45-32-18-12-10-16-30(32)37/h9-12,15-18,26-28H,8,13-14,19-25H2,1-7H3,(H,38,42). The molecule has 1 N–H and O–H groups in total. The van der Waals surface area contributed by atoms with Gasteiger partial charge in [0.05, 0.1) is 12.0 Å². The van der Waals surface area contributed by atoms with Crippen LogP contribution in [-0.4, -0.2) is 79.2 Å². The monoisotopic (exact) mass is 635 g/mol. The summed E-state index contributed by atoms with van der Waals surface area (Å²) in [5.41, 5.74) is 0.884. The Morgan fingerprint density at radius 1 is 1.02 bits per heavy atom. The van der Waals surface area contributed by atoms with Crippen LogP contribution >= 0.6 is 0 Å². The number of para-hydroxylation sites is 2. The van der Waals surface area contributed by atoms with E-state index < -0.39 is 23.0 Å². The molecule has 1 saturated heterocycles. The predicted molar refractivity (Wildman–Crippen MR) is 179 cm³/mol. The average Bonchev–Trinajstić information content (AvgIpc) is 3.01. The number of ether oxygens (including phenoxy) is 3. The molecular formula is C37H53N3O6. The number of methoxy groups -OCH3 is 1. The zero-order valence-electron chi connectivity index (χ0n) is 28.8. The lowest BCUT2D eigenvalue weighted by atomic mass is 9.69. The SMILES string of the molecule is CCN(C(=O)CC(C)C)C1CC(C(=O)NCC2(CCCCOC)c3ccccc3Oc3ccccc32)CN(C(=O)OC(C)(C)C)C1. The Hall–Kier alpha value is -3.59. The van der Waals surface area contributed by atoms with Crippen LogP contribution in [-0.2, 0) is 24.5 Å². The maximum absolute atomic E-state index is 14.2. The zero-order chi connectivity index (χ0) is 33.5. The minimum atomic E-state index is -0.682. The van der Waals surface area contributed by atoms with Crippen molar-refractivity contribution in [2.75, 3.05) is 39.9 Å². The second-order valence-corrected chi connectivity index (χ2v) is 14.1. The number of benzene rings is 2. The van der Waals surface area contributed by atoms with Gasteiger partial charge >= 0.3 is 6.09 Å². The topological polar surface area (TPSA) is 97.4 Å². The first-order valence-corrected chi connectivity index (χ1v) is 16.8. The van der Waals surface area contributed by atoms with E-state index >= 15 is 0 Å². The van der Waals surface area contributed by atoms with Gasteiger partial charge in [0.25, 0.3) is 0 Å². The smallest absolute Gasteiger partial charge is 0.410 e. The van der Waals surface area contributed by atoms with Gasteiger partial charge in [0.2, 0.25) is 11.8 Å². The number of rotatable bonds is 12. The van der Waals surface area contributed by atoms with Gasteiger partial charge in [0.1, 0.15) is 17.1 Å². The molecule has 2 aliphatic rings. The van der Waals surface area contributed by atoms with Crippen molar-refractivity contribution in [2.24, 2.45) is 11.8 Å². The van der Waals surface area contributed by atoms with Crippen LogP contribution in [0.3, 0.4) is 0 Å². The van der Waals surface area contributed by atoms with Crippen molar-refractivity contribution < 1.29 is 28.6 Å². The van der Waals surface area contributed by atoms with Crippen molar-refractivity contribution in [3.63, 3.8) is 0 Å². The molecule has 2 aromatic carbocycles. The number of fused-ring (bicyclic) bond motifs is 2. The molecule has 2 atom stereocenters. The number of nitrogens with zero attached hydrogens (tertiary/aromatic N) is 2. The number of nitrogens with one attached hydrogen (secondary N) is 1. The van der Waals surface area contributed by atoms with Crippen LogP contribution in [0.2, 0.25) is 0 Å². The van der Waals surface area contributed by atoms with Gasteiger partial charge in [0.15, 0.2) is 0 Å². The third kappa shape index (κ3) is 8.41. The Morgan fingerprint density at radius 3 is 2.22 bits per heavy atom. The fourth-order valence-electron chi connectivity index (χ4n) is 6.84. The zero-order valence-corrected chi connectivity index (χ0v) is 28.8. The third-order valence-electron chi connectivity index (χ3n) is 8.93. The van der Waals surface area contributed by atoms with Crippen molar-refractivity contribution in [3.05, 3.63) is 59.7 Å². The maximum Gasteiger partial charge on any atom is 0.410 e. The fraction of sp³-hybridized carbons (Fsp3) is 0.595. The summed E-state index contributed by atoms with van der Waals surface area (Å²) in [4.78, 5) is 44.3. The van der Waals surface area contributed by atoms with E-state index in [1.54, 1.807) is 12.0 Å². The lowest BCUT2D eigenvalue weighted by Crippen LogP contribution is -2.57. The molecule has 4 rings (SSSR count). The molecule has 252 valence electrons. The summed E-state index contributed by atoms with van der Waals surface area (Å²) in [5.74, 6) is 1.18. The van der Waals surface area contributed by atoms with Gasteiger partial charge in [-0.25, -0.2) is 4.79 Å². The predicted octanol–water partition coefficient (Wildman–Crippen LogP) is 6.53. The maximum atomic E-state index is 14.2. The lowest BCUT2D eigenvalue weighted by Gasteiger charge is -2.43. The second-order valence-electron chi connectivity index (χ2n) is 14.1. The highest BCUT2D eigenvalue weighted by Gasteiger charge is 2.44. The summed E-state index contributed by atoms with van der Waals surface area (Å²) < 4.78 is 17.4. The van der Waals surface area contributed by atoms with E-state index in [1.165, 1.54) is 0 Å². The molecule has 2 heterocycles. The highest BCUT2D eigenvalue weighted by Crippen LogP contribution is 2.50. The molecule has 0 aliphatic carbocycles. The van der Waals surface area contributed by atoms with Crippen LogP contribution in [0.1, 0.15) is 84.8 Å². The first-order chi connectivity index (χ1) is 21.9. The molecule has 3 amide bonds. The number of carbonyl (C=O) groups is 3. The molecule has 0 aromatic heterocycles. The Labute approximate surface area is 274 Å². The quantitative estimate of drug-likeness (QED) is 0.267. The molecule has 0 saturated carbocycles. The van der Waals surface area contributed by atoms with Crippen LogP contribution in [0.15, 0.2) is 48.5 Å². The number of piperidine rings is 1. The highest BCUT2D eigenvalue weighted by atomic mass is 16.6. The van der Waals surface area contributed by atoms with E-state index in [4.69, 9.17) is 14.2 Å². The van der Waals surface area contributed by atoms with Crippen LogP contribution in [0, 0.1) is 11.8 Å². The Kier molecular flexibility index (Phi) is 11.8. The number of unbranched alkanes of at least 4 members (excludes halogenated alkanes) is 1. The molecule has 2 unspecified atom stereocenters. The van der Waals surface area contributed by atoms with Gasteiger partial charge in [-0.2, -0.15) is 0 Å². The lowest BCUT2D eigenvalue weighted by molar-refractivity contribution is -0.138. The van der Waals surface area contributed by atoms with E-state index in [1.807, 2.05) is 82.8 Å². The van der Waals surface area contributed by atoms with Gasteiger partial charge in [-0.1, -0.05) is 50.2 Å². The van der Waals surface area contributed by atoms with Crippen LogP contribution in [0.25, 0.3) is 0 Å². The van der Waals surface area contributed by atoms with E-state index in [2.05, 4.69) is 17.4 Å². The normalized spacial score (nSPS) is 18.7. The molecule has 2 aliphatic heterocycles. The highest BCUT2D eigenvalue weighted by molar-refractivity contribution is 5.81. The molecule has 1 fully saturated rings. The number of hydrogen-bond acceptors (Lipinski definition) is 6. The molecule has 46 heavy (non-hydrogen) atoms. The Balaban J connectivity index is 1.63. The van der Waals surface area contributed by atoms with Gasteiger partial charge < -0.3 is 29.3 Å². The van der Waals surface area contributed by atoms with Crippen molar-refractivity contribution in [1.82, 2.24) is 15.1 Å². The third-order valence-corrected chi connectivity index (χ3v) is 8.93. The molecule has 2 aromatic rings. The van der Waals surface area contributed by atoms with Crippen LogP contribution in [0.5, 0.6) is 11.5 Å². The molecular weight excluding hydrogens is 582 g/mol. The summed E-state index contributed by atoms with van der Waals surface area (Å²) in [6.07, 6.45) is 3.00. The number of likely N-dealkylation sites (tertiary alicyclic amines) is 1. The minimum Gasteiger partial charge on any atom is -0.457 e. The van der Waals surface area contributed by atoms with Crippen molar-refractivity contribution >= 4 is 17.9 Å². The molecule has 0 radical (unpaired) electrons. The average molecular weight is 636 g/mol. The first kappa shape index (κ1) is 35.3. The van der Waals surface area contributed by atoms with Crippen molar-refractivity contribution in [1.29, 1.82) is 0 Å². The molecule has 0 bridgehead atoms. The molecule has 0 spiro atoms. The minimum absolute atomic E-state index is 0.0399. The van der Waals surface area contributed by atoms with E-state index in [9.17, 15) is 14.4 Å². The molecule has 9 nitrogen and oxygen atoms in total. The summed E-state index contributed by atoms with van der Waals surface area (Å²) in [5, 5.41) is 3.32. The van der Waals surface area contributed by atoms with Crippen LogP contribution in [0.4, 0.5) is 4.79 Å². The Bertz CT molecular complexity index is 1310. The van der Waals surface area contributed by atoms with E-state index in [-0.39, 0.29) is 30.3 Å². The van der Waals surface area contributed by atoms with Crippen molar-refractivity contribution in [2.45, 2.75) is 90.7 Å². The summed E-state index contributed by atoms with van der Waals surface area (Å²) in [6.45, 7) is 13.6. The van der Waals surface area contributed by atoms with E-state index in [0.717, 1.165) is 41.9 Å². The molecule has 9 heteroatoms. The summed E-state index contributed by atoms with van der Waals surface area (Å²) in [7, 11) is 1.71. The van der Waals surface area contributed by atoms with Crippen molar-refractivity contribution in [3.8, 4) is 11.5 Å². The van der Waals surface area contributed by atoms with Gasteiger partial charge in [-0.05, 0) is 71.4 Å². The van der Waals surface area contributed by atoms with Crippen LogP contribution < -0.4 is 10.1 Å². The largest absolute Gasteiger partial charge is 0.457 e. The second kappa shape index (κ2) is 15.3. The first-order valence-electron chi connectivity index (χ1n) is 16.8. The number of likely N-dealkylation sites (N-methyl/N-ethyl adjacent to an activating group) is 1. The fourth-order valence-corrected chi connectivity index (χ4v) is 6.84. The van der Waals surface area contributed by atoms with Gasteiger partial charge in [-0.15, -0.1) is 0 Å². The number of amides is 3. The summed E-state index contributed by atoms with van der Waals surface area (Å²) >= 11 is 0. The number of hydrogen-bond donors (Lipinski definition) is 1. The Morgan fingerprint density at radius 2 is 1.65 bits per heavy atom. The van der Waals surface area contributed by atoms with Gasteiger partial charge in [0, 0.05) is 62.9 Å². The summed E-state index contributed by atoms with van der Waals surface area (Å²) in [6, 6.07) is 15.8.